The molecule has 1 aliphatic rings. The highest BCUT2D eigenvalue weighted by molar-refractivity contribution is 7.21. The molecule has 0 radical (unpaired) electrons. The van der Waals surface area contributed by atoms with E-state index in [9.17, 15) is 0 Å². The van der Waals surface area contributed by atoms with Gasteiger partial charge in [0.15, 0.2) is 0 Å². The van der Waals surface area contributed by atoms with Gasteiger partial charge in [-0.1, -0.05) is 31.5 Å². The number of thiophene rings is 1. The first-order valence-electron chi connectivity index (χ1n) is 10.4. The van der Waals surface area contributed by atoms with Crippen LogP contribution < -0.4 is 10.6 Å². The molecule has 4 aromatic rings. The first-order valence-corrected chi connectivity index (χ1v) is 12.1. The highest BCUT2D eigenvalue weighted by Crippen LogP contribution is 2.38. The number of benzene rings is 1. The van der Waals surface area contributed by atoms with Crippen LogP contribution in [-0.2, 0) is 6.54 Å². The van der Waals surface area contributed by atoms with Gasteiger partial charge in [-0.05, 0) is 49.3 Å². The minimum Gasteiger partial charge on any atom is -0.366 e. The standard InChI is InChI=1S/C23H25N5S2/c1-14-7-5-10-17(14)26-21-20(22-27-18-9-3-4-11-19(18)30-22)15(2)25-23(28-21)24-13-16-8-6-12-29-16/h3-4,6,8-9,11-12,14,17H,5,7,10,13H2,1-2H3,(H2,24,25,26,28)/t14-,17-/m1/s1. The summed E-state index contributed by atoms with van der Waals surface area (Å²) in [7, 11) is 0. The van der Waals surface area contributed by atoms with Crippen LogP contribution in [0.2, 0.25) is 0 Å². The number of nitrogens with zero attached hydrogens (tertiary/aromatic N) is 3. The van der Waals surface area contributed by atoms with Crippen LogP contribution in [0.25, 0.3) is 20.8 Å². The molecule has 0 unspecified atom stereocenters. The van der Waals surface area contributed by atoms with Gasteiger partial charge >= 0.3 is 0 Å². The summed E-state index contributed by atoms with van der Waals surface area (Å²) in [5.74, 6) is 2.21. The molecule has 0 saturated heterocycles. The Bertz CT molecular complexity index is 1120. The van der Waals surface area contributed by atoms with E-state index in [-0.39, 0.29) is 0 Å². The Hall–Kier alpha value is -2.51. The Morgan fingerprint density at radius 3 is 2.73 bits per heavy atom. The van der Waals surface area contributed by atoms with Gasteiger partial charge in [0.05, 0.1) is 28.0 Å². The Labute approximate surface area is 184 Å². The van der Waals surface area contributed by atoms with Crippen molar-refractivity contribution in [1.82, 2.24) is 15.0 Å². The summed E-state index contributed by atoms with van der Waals surface area (Å²) in [4.78, 5) is 15.9. The lowest BCUT2D eigenvalue weighted by Crippen LogP contribution is -2.23. The number of anilines is 2. The lowest BCUT2D eigenvalue weighted by Gasteiger charge is -2.21. The van der Waals surface area contributed by atoms with Crippen molar-refractivity contribution in [2.24, 2.45) is 5.92 Å². The molecule has 5 rings (SSSR count). The molecule has 30 heavy (non-hydrogen) atoms. The normalized spacial score (nSPS) is 18.7. The van der Waals surface area contributed by atoms with Crippen LogP contribution in [0.4, 0.5) is 11.8 Å². The van der Waals surface area contributed by atoms with Crippen molar-refractivity contribution in [3.63, 3.8) is 0 Å². The zero-order chi connectivity index (χ0) is 20.5. The van der Waals surface area contributed by atoms with Crippen LogP contribution in [0, 0.1) is 12.8 Å². The Morgan fingerprint density at radius 1 is 1.07 bits per heavy atom. The van der Waals surface area contributed by atoms with E-state index in [1.54, 1.807) is 22.7 Å². The molecular weight excluding hydrogens is 410 g/mol. The number of fused-ring (bicyclic) bond motifs is 1. The van der Waals surface area contributed by atoms with Crippen molar-refractivity contribution in [1.29, 1.82) is 0 Å². The maximum Gasteiger partial charge on any atom is 0.225 e. The van der Waals surface area contributed by atoms with Gasteiger partial charge in [0, 0.05) is 10.9 Å². The minimum atomic E-state index is 0.442. The van der Waals surface area contributed by atoms with Crippen LogP contribution in [0.5, 0.6) is 0 Å². The molecule has 3 heterocycles. The van der Waals surface area contributed by atoms with E-state index in [1.165, 1.54) is 28.8 Å². The van der Waals surface area contributed by atoms with Crippen molar-refractivity contribution in [2.75, 3.05) is 10.6 Å². The zero-order valence-electron chi connectivity index (χ0n) is 17.2. The summed E-state index contributed by atoms with van der Waals surface area (Å²) >= 11 is 3.44. The molecule has 0 amide bonds. The highest BCUT2D eigenvalue weighted by atomic mass is 32.1. The number of aryl methyl sites for hydroxylation is 1. The second-order valence-corrected chi connectivity index (χ2v) is 10.00. The summed E-state index contributed by atoms with van der Waals surface area (Å²) in [6.07, 6.45) is 3.71. The monoisotopic (exact) mass is 435 g/mol. The van der Waals surface area contributed by atoms with E-state index < -0.39 is 0 Å². The number of aromatic nitrogens is 3. The van der Waals surface area contributed by atoms with Crippen LogP contribution in [0.15, 0.2) is 41.8 Å². The first kappa shape index (κ1) is 19.5. The summed E-state index contributed by atoms with van der Waals surface area (Å²) < 4.78 is 1.19. The van der Waals surface area contributed by atoms with Gasteiger partial charge in [-0.25, -0.2) is 9.97 Å². The van der Waals surface area contributed by atoms with Gasteiger partial charge in [0.2, 0.25) is 5.95 Å². The fraction of sp³-hybridized carbons (Fsp3) is 0.348. The fourth-order valence-electron chi connectivity index (χ4n) is 4.11. The number of hydrogen-bond acceptors (Lipinski definition) is 7. The van der Waals surface area contributed by atoms with Gasteiger partial charge in [-0.2, -0.15) is 4.98 Å². The van der Waals surface area contributed by atoms with Crippen LogP contribution in [-0.4, -0.2) is 21.0 Å². The Balaban J connectivity index is 1.53. The number of rotatable bonds is 6. The van der Waals surface area contributed by atoms with Crippen molar-refractivity contribution in [3.05, 3.63) is 52.3 Å². The maximum absolute atomic E-state index is 4.92. The van der Waals surface area contributed by atoms with Gasteiger partial charge in [-0.3, -0.25) is 0 Å². The SMILES string of the molecule is Cc1nc(NCc2cccs2)nc(N[C@@H]2CCC[C@H]2C)c1-c1nc2ccccc2s1. The molecule has 154 valence electrons. The number of thiazole rings is 1. The summed E-state index contributed by atoms with van der Waals surface area (Å²) in [6, 6.07) is 12.9. The van der Waals surface area contributed by atoms with Gasteiger partial charge in [0.25, 0.3) is 0 Å². The number of hydrogen-bond donors (Lipinski definition) is 2. The van der Waals surface area contributed by atoms with E-state index in [4.69, 9.17) is 15.0 Å². The summed E-state index contributed by atoms with van der Waals surface area (Å²) in [5.41, 5.74) is 3.00. The molecule has 1 fully saturated rings. The van der Waals surface area contributed by atoms with Crippen LogP contribution in [0.1, 0.15) is 36.8 Å². The molecule has 0 aliphatic heterocycles. The quantitative estimate of drug-likeness (QED) is 0.370. The highest BCUT2D eigenvalue weighted by Gasteiger charge is 2.26. The molecule has 1 saturated carbocycles. The summed E-state index contributed by atoms with van der Waals surface area (Å²) in [5, 5.41) is 10.2. The van der Waals surface area contributed by atoms with Crippen molar-refractivity contribution < 1.29 is 0 Å². The van der Waals surface area contributed by atoms with Gasteiger partial charge in [-0.15, -0.1) is 22.7 Å². The predicted octanol–water partition coefficient (Wildman–Crippen LogP) is 6.34. The molecule has 1 aliphatic carbocycles. The Morgan fingerprint density at radius 2 is 1.97 bits per heavy atom. The van der Waals surface area contributed by atoms with Crippen molar-refractivity contribution >= 4 is 44.7 Å². The van der Waals surface area contributed by atoms with Crippen LogP contribution >= 0.6 is 22.7 Å². The topological polar surface area (TPSA) is 62.7 Å². The van der Waals surface area contributed by atoms with Crippen LogP contribution in [0.3, 0.4) is 0 Å². The van der Waals surface area contributed by atoms with Crippen molar-refractivity contribution in [2.45, 2.75) is 45.7 Å². The molecule has 3 aromatic heterocycles. The lowest BCUT2D eigenvalue weighted by atomic mass is 10.1. The molecule has 7 heteroatoms. The molecule has 5 nitrogen and oxygen atoms in total. The molecular formula is C23H25N5S2. The van der Waals surface area contributed by atoms with Gasteiger partial charge < -0.3 is 10.6 Å². The Kier molecular flexibility index (Phi) is 5.39. The van der Waals surface area contributed by atoms with E-state index in [0.29, 0.717) is 17.9 Å². The second kappa shape index (κ2) is 8.32. The maximum atomic E-state index is 4.92. The fourth-order valence-corrected chi connectivity index (χ4v) is 5.81. The first-order chi connectivity index (χ1) is 14.7. The number of para-hydroxylation sites is 1. The largest absolute Gasteiger partial charge is 0.366 e. The molecule has 2 atom stereocenters. The summed E-state index contributed by atoms with van der Waals surface area (Å²) in [6.45, 7) is 5.12. The smallest absolute Gasteiger partial charge is 0.225 e. The third kappa shape index (κ3) is 3.91. The van der Waals surface area contributed by atoms with E-state index in [1.807, 2.05) is 6.07 Å². The third-order valence-corrected chi connectivity index (χ3v) is 7.71. The molecule has 0 bridgehead atoms. The second-order valence-electron chi connectivity index (χ2n) is 7.93. The minimum absolute atomic E-state index is 0.442. The van der Waals surface area contributed by atoms with E-state index in [2.05, 4.69) is 60.2 Å². The number of nitrogens with one attached hydrogen (secondary N) is 2. The molecule has 1 aromatic carbocycles. The van der Waals surface area contributed by atoms with Crippen molar-refractivity contribution in [3.8, 4) is 10.6 Å². The predicted molar refractivity (Wildman–Crippen MR) is 127 cm³/mol. The van der Waals surface area contributed by atoms with E-state index in [0.717, 1.165) is 34.1 Å². The average Bonchev–Trinajstić information content (AvgIpc) is 3.48. The lowest BCUT2D eigenvalue weighted by molar-refractivity contribution is 0.555. The van der Waals surface area contributed by atoms with E-state index >= 15 is 0 Å². The molecule has 2 N–H and O–H groups in total. The third-order valence-electron chi connectivity index (χ3n) is 5.78. The average molecular weight is 436 g/mol. The van der Waals surface area contributed by atoms with Gasteiger partial charge in [0.1, 0.15) is 10.8 Å². The molecule has 0 spiro atoms. The zero-order valence-corrected chi connectivity index (χ0v) is 18.8.